The molecule has 4 aromatic rings. The van der Waals surface area contributed by atoms with Crippen LogP contribution in [0, 0.1) is 12.7 Å². The summed E-state index contributed by atoms with van der Waals surface area (Å²) in [5, 5.41) is 3.50. The van der Waals surface area contributed by atoms with Crippen LogP contribution in [0.2, 0.25) is 5.02 Å². The number of carbonyl (C=O) groups excluding carboxylic acids is 1. The van der Waals surface area contributed by atoms with Gasteiger partial charge in [0, 0.05) is 29.2 Å². The van der Waals surface area contributed by atoms with E-state index in [9.17, 15) is 9.18 Å². The quantitative estimate of drug-likeness (QED) is 0.503. The second-order valence-electron chi connectivity index (χ2n) is 6.06. The Kier molecular flexibility index (Phi) is 4.33. The summed E-state index contributed by atoms with van der Waals surface area (Å²) < 4.78 is 15.8. The number of nitrogens with zero attached hydrogens (tertiary/aromatic N) is 3. The van der Waals surface area contributed by atoms with Gasteiger partial charge in [-0.3, -0.25) is 9.20 Å². The number of anilines is 2. The van der Waals surface area contributed by atoms with Crippen molar-refractivity contribution in [2.45, 2.75) is 6.92 Å². The summed E-state index contributed by atoms with van der Waals surface area (Å²) in [5.41, 5.74) is 3.75. The van der Waals surface area contributed by atoms with Crippen molar-refractivity contribution in [3.05, 3.63) is 77.0 Å². The highest BCUT2D eigenvalue weighted by molar-refractivity contribution is 6.33. The highest BCUT2D eigenvalue weighted by atomic mass is 35.5. The maximum Gasteiger partial charge on any atom is 0.180 e. The number of aldehydes is 1. The molecule has 134 valence electrons. The molecule has 2 aromatic carbocycles. The molecular formula is C20H14ClFN4O. The molecule has 0 saturated heterocycles. The van der Waals surface area contributed by atoms with Crippen LogP contribution in [0.4, 0.5) is 15.9 Å². The zero-order chi connectivity index (χ0) is 19.0. The van der Waals surface area contributed by atoms with Crippen LogP contribution in [0.25, 0.3) is 16.9 Å². The molecule has 4 rings (SSSR count). The van der Waals surface area contributed by atoms with E-state index in [1.807, 2.05) is 10.5 Å². The Labute approximate surface area is 159 Å². The summed E-state index contributed by atoms with van der Waals surface area (Å²) in [6, 6.07) is 10.1. The lowest BCUT2D eigenvalue weighted by Crippen LogP contribution is -1.99. The number of carbonyl (C=O) groups is 1. The van der Waals surface area contributed by atoms with Crippen LogP contribution >= 0.6 is 11.6 Å². The standard InChI is InChI=1S/C20H14ClFN4O/c1-12-2-3-13(8-17(12)22)18-10-24-20-19(23-6-7-26(18)20)25-15-5-4-14(11-27)16(21)9-15/h2-11H,1H3,(H,23,25). The first-order chi connectivity index (χ1) is 13.1. The lowest BCUT2D eigenvalue weighted by molar-refractivity contribution is 0.112. The minimum Gasteiger partial charge on any atom is -0.337 e. The maximum atomic E-state index is 13.9. The van der Waals surface area contributed by atoms with Gasteiger partial charge in [-0.25, -0.2) is 14.4 Å². The van der Waals surface area contributed by atoms with Gasteiger partial charge in [-0.15, -0.1) is 0 Å². The molecule has 0 spiro atoms. The molecule has 0 unspecified atom stereocenters. The first kappa shape index (κ1) is 17.2. The van der Waals surface area contributed by atoms with E-state index in [1.165, 1.54) is 6.07 Å². The summed E-state index contributed by atoms with van der Waals surface area (Å²) >= 11 is 6.08. The van der Waals surface area contributed by atoms with Gasteiger partial charge in [0.05, 0.1) is 16.9 Å². The van der Waals surface area contributed by atoms with Gasteiger partial charge >= 0.3 is 0 Å². The van der Waals surface area contributed by atoms with Gasteiger partial charge in [0.2, 0.25) is 0 Å². The van der Waals surface area contributed by atoms with Crippen LogP contribution in [0.1, 0.15) is 15.9 Å². The smallest absolute Gasteiger partial charge is 0.180 e. The van der Waals surface area contributed by atoms with Gasteiger partial charge in [-0.2, -0.15) is 0 Å². The Balaban J connectivity index is 1.75. The molecule has 0 fully saturated rings. The molecule has 0 aliphatic heterocycles. The lowest BCUT2D eigenvalue weighted by atomic mass is 10.1. The van der Waals surface area contributed by atoms with E-state index >= 15 is 0 Å². The molecule has 1 N–H and O–H groups in total. The van der Waals surface area contributed by atoms with Crippen LogP contribution in [0.15, 0.2) is 55.0 Å². The van der Waals surface area contributed by atoms with Crippen LogP contribution in [-0.2, 0) is 0 Å². The third kappa shape index (κ3) is 3.15. The number of rotatable bonds is 4. The van der Waals surface area contributed by atoms with Gasteiger partial charge in [-0.1, -0.05) is 23.7 Å². The number of imidazole rings is 1. The molecule has 27 heavy (non-hydrogen) atoms. The fourth-order valence-corrected chi connectivity index (χ4v) is 3.04. The highest BCUT2D eigenvalue weighted by Gasteiger charge is 2.12. The monoisotopic (exact) mass is 380 g/mol. The van der Waals surface area contributed by atoms with Crippen molar-refractivity contribution < 1.29 is 9.18 Å². The van der Waals surface area contributed by atoms with E-state index in [0.717, 1.165) is 11.3 Å². The van der Waals surface area contributed by atoms with Gasteiger partial charge in [0.1, 0.15) is 5.82 Å². The Morgan fingerprint density at radius 2 is 2.04 bits per heavy atom. The fourth-order valence-electron chi connectivity index (χ4n) is 2.81. The second-order valence-corrected chi connectivity index (χ2v) is 6.46. The van der Waals surface area contributed by atoms with E-state index in [1.54, 1.807) is 49.8 Å². The molecule has 0 atom stereocenters. The summed E-state index contributed by atoms with van der Waals surface area (Å²) in [6.07, 6.45) is 5.77. The van der Waals surface area contributed by atoms with E-state index in [4.69, 9.17) is 11.6 Å². The minimum absolute atomic E-state index is 0.264. The average molecular weight is 381 g/mol. The Morgan fingerprint density at radius 3 is 2.78 bits per heavy atom. The molecule has 0 radical (unpaired) electrons. The molecular weight excluding hydrogens is 367 g/mol. The molecule has 0 aliphatic carbocycles. The minimum atomic E-state index is -0.264. The zero-order valence-electron chi connectivity index (χ0n) is 14.3. The Morgan fingerprint density at radius 1 is 1.19 bits per heavy atom. The topological polar surface area (TPSA) is 59.3 Å². The molecule has 0 aliphatic rings. The van der Waals surface area contributed by atoms with Crippen molar-refractivity contribution in [1.29, 1.82) is 0 Å². The van der Waals surface area contributed by atoms with Gasteiger partial charge < -0.3 is 5.32 Å². The Bertz CT molecular complexity index is 1170. The fraction of sp³-hybridized carbons (Fsp3) is 0.0500. The lowest BCUT2D eigenvalue weighted by Gasteiger charge is -2.09. The summed E-state index contributed by atoms with van der Waals surface area (Å²) in [4.78, 5) is 19.7. The highest BCUT2D eigenvalue weighted by Crippen LogP contribution is 2.27. The maximum absolute atomic E-state index is 13.9. The van der Waals surface area contributed by atoms with Crippen molar-refractivity contribution >= 4 is 35.0 Å². The SMILES string of the molecule is Cc1ccc(-c2cnc3c(Nc4ccc(C=O)c(Cl)c4)nccn23)cc1F. The molecule has 5 nitrogen and oxygen atoms in total. The number of fused-ring (bicyclic) bond motifs is 1. The summed E-state index contributed by atoms with van der Waals surface area (Å²) in [5.74, 6) is 0.256. The molecule has 0 saturated carbocycles. The van der Waals surface area contributed by atoms with Crippen molar-refractivity contribution in [3.8, 4) is 11.3 Å². The second kappa shape index (κ2) is 6.81. The number of halogens is 2. The van der Waals surface area contributed by atoms with Crippen molar-refractivity contribution in [2.75, 3.05) is 5.32 Å². The predicted octanol–water partition coefficient (Wildman–Crippen LogP) is 5.05. The number of hydrogen-bond acceptors (Lipinski definition) is 4. The van der Waals surface area contributed by atoms with Crippen molar-refractivity contribution in [3.63, 3.8) is 0 Å². The molecule has 0 bridgehead atoms. The van der Waals surface area contributed by atoms with E-state index < -0.39 is 0 Å². The molecule has 0 amide bonds. The normalized spacial score (nSPS) is 10.9. The third-order valence-corrected chi connectivity index (χ3v) is 4.61. The summed E-state index contributed by atoms with van der Waals surface area (Å²) in [7, 11) is 0. The number of hydrogen-bond donors (Lipinski definition) is 1. The predicted molar refractivity (Wildman–Crippen MR) is 103 cm³/mol. The largest absolute Gasteiger partial charge is 0.337 e. The number of nitrogens with one attached hydrogen (secondary N) is 1. The van der Waals surface area contributed by atoms with Crippen LogP contribution in [0.3, 0.4) is 0 Å². The third-order valence-electron chi connectivity index (χ3n) is 4.29. The van der Waals surface area contributed by atoms with E-state index in [-0.39, 0.29) is 5.82 Å². The summed E-state index contributed by atoms with van der Waals surface area (Å²) in [6.45, 7) is 1.72. The van der Waals surface area contributed by atoms with E-state index in [2.05, 4.69) is 15.3 Å². The molecule has 2 heterocycles. The molecule has 7 heteroatoms. The first-order valence-electron chi connectivity index (χ1n) is 8.17. The zero-order valence-corrected chi connectivity index (χ0v) is 15.0. The average Bonchev–Trinajstić information content (AvgIpc) is 3.09. The van der Waals surface area contributed by atoms with Crippen molar-refractivity contribution in [2.24, 2.45) is 0 Å². The number of aryl methyl sites for hydroxylation is 1. The van der Waals surface area contributed by atoms with Crippen LogP contribution < -0.4 is 5.32 Å². The number of benzene rings is 2. The van der Waals surface area contributed by atoms with Crippen LogP contribution in [-0.4, -0.2) is 20.7 Å². The molecule has 2 aromatic heterocycles. The van der Waals surface area contributed by atoms with Crippen LogP contribution in [0.5, 0.6) is 0 Å². The van der Waals surface area contributed by atoms with Gasteiger partial charge in [0.25, 0.3) is 0 Å². The van der Waals surface area contributed by atoms with Gasteiger partial charge in [-0.05, 0) is 36.8 Å². The Hall–Kier alpha value is -3.25. The van der Waals surface area contributed by atoms with E-state index in [0.29, 0.717) is 39.6 Å². The first-order valence-corrected chi connectivity index (χ1v) is 8.55. The number of aromatic nitrogens is 3. The van der Waals surface area contributed by atoms with Gasteiger partial charge in [0.15, 0.2) is 17.8 Å². The van der Waals surface area contributed by atoms with Crippen molar-refractivity contribution in [1.82, 2.24) is 14.4 Å².